The van der Waals surface area contributed by atoms with Crippen LogP contribution in [0.25, 0.3) is 0 Å². The Bertz CT molecular complexity index is 763. The van der Waals surface area contributed by atoms with E-state index in [1.807, 2.05) is 0 Å². The molecule has 1 N–H and O–H groups in total. The van der Waals surface area contributed by atoms with E-state index >= 15 is 0 Å². The van der Waals surface area contributed by atoms with Crippen LogP contribution < -0.4 is 4.72 Å². The van der Waals surface area contributed by atoms with E-state index < -0.39 is 10.0 Å². The van der Waals surface area contributed by atoms with Crippen molar-refractivity contribution in [3.05, 3.63) is 55.9 Å². The molecule has 0 saturated heterocycles. The molecule has 106 valence electrons. The van der Waals surface area contributed by atoms with Gasteiger partial charge in [-0.25, -0.2) is 8.42 Å². The van der Waals surface area contributed by atoms with Crippen molar-refractivity contribution in [2.24, 2.45) is 0 Å². The normalized spacial score (nSPS) is 11.4. The second-order valence-corrected chi connectivity index (χ2v) is 7.92. The van der Waals surface area contributed by atoms with Crippen LogP contribution in [0.1, 0.15) is 5.56 Å². The Morgan fingerprint density at radius 1 is 1.15 bits per heavy atom. The summed E-state index contributed by atoms with van der Waals surface area (Å²) in [4.78, 5) is 0.159. The summed E-state index contributed by atoms with van der Waals surface area (Å²) in [5, 5.41) is 0.513. The second kappa shape index (κ2) is 6.05. The minimum atomic E-state index is -3.69. The van der Waals surface area contributed by atoms with Crippen molar-refractivity contribution in [2.75, 3.05) is 4.72 Å². The summed E-state index contributed by atoms with van der Waals surface area (Å²) >= 11 is 12.5. The van der Waals surface area contributed by atoms with Crippen LogP contribution in [-0.4, -0.2) is 8.42 Å². The van der Waals surface area contributed by atoms with Crippen LogP contribution in [0, 0.1) is 6.92 Å². The molecule has 2 aromatic rings. The molecule has 7 heteroatoms. The highest BCUT2D eigenvalue weighted by Gasteiger charge is 2.19. The van der Waals surface area contributed by atoms with E-state index in [0.717, 1.165) is 0 Å². The summed E-state index contributed by atoms with van der Waals surface area (Å²) in [6.07, 6.45) is 0. The Morgan fingerprint density at radius 2 is 1.85 bits per heavy atom. The Balaban J connectivity index is 2.46. The number of halogens is 3. The zero-order valence-electron chi connectivity index (χ0n) is 10.3. The molecule has 0 fully saturated rings. The fourth-order valence-corrected chi connectivity index (χ4v) is 4.40. The lowest BCUT2D eigenvalue weighted by Crippen LogP contribution is -2.14. The average molecular weight is 440 g/mol. The molecule has 0 aliphatic carbocycles. The first-order valence-corrected chi connectivity index (χ1v) is 8.99. The zero-order chi connectivity index (χ0) is 14.9. The molecule has 0 saturated carbocycles. The fourth-order valence-electron chi connectivity index (χ4n) is 1.60. The summed E-state index contributed by atoms with van der Waals surface area (Å²) in [6.45, 7) is 1.76. The largest absolute Gasteiger partial charge is 0.279 e. The summed E-state index contributed by atoms with van der Waals surface area (Å²) in [6, 6.07) is 10.0. The van der Waals surface area contributed by atoms with Crippen LogP contribution >= 0.6 is 43.5 Å². The third-order valence-corrected chi connectivity index (χ3v) is 5.96. The van der Waals surface area contributed by atoms with Crippen molar-refractivity contribution < 1.29 is 8.42 Å². The molecule has 0 spiro atoms. The monoisotopic (exact) mass is 437 g/mol. The molecule has 20 heavy (non-hydrogen) atoms. The standard InChI is InChI=1S/C13H10Br2ClNO2S/c1-8-11(16)3-2-4-12(8)17-20(18,19)13-7-9(14)5-6-10(13)15/h2-7,17H,1H3. The number of rotatable bonds is 3. The number of hydrogen-bond acceptors (Lipinski definition) is 2. The second-order valence-electron chi connectivity index (χ2n) is 4.09. The first-order valence-electron chi connectivity index (χ1n) is 5.54. The van der Waals surface area contributed by atoms with E-state index in [-0.39, 0.29) is 4.90 Å². The molecule has 0 aliphatic rings. The van der Waals surface area contributed by atoms with Crippen molar-refractivity contribution >= 4 is 59.2 Å². The zero-order valence-corrected chi connectivity index (χ0v) is 15.1. The van der Waals surface area contributed by atoms with E-state index in [1.165, 1.54) is 6.07 Å². The number of benzene rings is 2. The number of nitrogens with one attached hydrogen (secondary N) is 1. The van der Waals surface area contributed by atoms with Gasteiger partial charge in [0, 0.05) is 14.0 Å². The molecule has 0 atom stereocenters. The van der Waals surface area contributed by atoms with Crippen LogP contribution in [-0.2, 0) is 10.0 Å². The van der Waals surface area contributed by atoms with Crippen LogP contribution in [0.5, 0.6) is 0 Å². The van der Waals surface area contributed by atoms with Gasteiger partial charge in [0.2, 0.25) is 0 Å². The van der Waals surface area contributed by atoms with Crippen molar-refractivity contribution in [2.45, 2.75) is 11.8 Å². The Hall–Kier alpha value is -0.560. The van der Waals surface area contributed by atoms with Gasteiger partial charge in [-0.1, -0.05) is 33.6 Å². The molecule has 0 amide bonds. The molecule has 0 radical (unpaired) electrons. The molecule has 0 aliphatic heterocycles. The predicted octanol–water partition coefficient (Wildman–Crippen LogP) is 4.97. The number of sulfonamides is 1. The average Bonchev–Trinajstić information content (AvgIpc) is 2.37. The molecule has 0 unspecified atom stereocenters. The van der Waals surface area contributed by atoms with E-state index in [2.05, 4.69) is 36.6 Å². The Labute approximate surface area is 139 Å². The Morgan fingerprint density at radius 3 is 2.55 bits per heavy atom. The molecule has 0 aromatic heterocycles. The predicted molar refractivity (Wildman–Crippen MR) is 88.8 cm³/mol. The van der Waals surface area contributed by atoms with Gasteiger partial charge in [-0.3, -0.25) is 4.72 Å². The van der Waals surface area contributed by atoms with Gasteiger partial charge in [-0.2, -0.15) is 0 Å². The lowest BCUT2D eigenvalue weighted by molar-refractivity contribution is 0.600. The van der Waals surface area contributed by atoms with Crippen molar-refractivity contribution in [1.82, 2.24) is 0 Å². The molecular weight excluding hydrogens is 429 g/mol. The van der Waals surface area contributed by atoms with Crippen molar-refractivity contribution in [3.63, 3.8) is 0 Å². The van der Waals surface area contributed by atoms with Gasteiger partial charge >= 0.3 is 0 Å². The maximum absolute atomic E-state index is 12.4. The molecule has 0 heterocycles. The number of anilines is 1. The number of hydrogen-bond donors (Lipinski definition) is 1. The third-order valence-electron chi connectivity index (χ3n) is 2.69. The van der Waals surface area contributed by atoms with Crippen LogP contribution in [0.4, 0.5) is 5.69 Å². The van der Waals surface area contributed by atoms with Gasteiger partial charge in [0.25, 0.3) is 10.0 Å². The van der Waals surface area contributed by atoms with Gasteiger partial charge < -0.3 is 0 Å². The van der Waals surface area contributed by atoms with Crippen molar-refractivity contribution in [1.29, 1.82) is 0 Å². The molecular formula is C13H10Br2ClNO2S. The van der Waals surface area contributed by atoms with E-state index in [1.54, 1.807) is 37.3 Å². The van der Waals surface area contributed by atoms with Gasteiger partial charge in [0.15, 0.2) is 0 Å². The smallest absolute Gasteiger partial charge is 0.263 e. The topological polar surface area (TPSA) is 46.2 Å². The lowest BCUT2D eigenvalue weighted by atomic mass is 10.2. The first kappa shape index (κ1) is 15.8. The lowest BCUT2D eigenvalue weighted by Gasteiger charge is -2.12. The van der Waals surface area contributed by atoms with E-state index in [4.69, 9.17) is 11.6 Å². The van der Waals surface area contributed by atoms with E-state index in [0.29, 0.717) is 25.2 Å². The van der Waals surface area contributed by atoms with Crippen LogP contribution in [0.15, 0.2) is 50.2 Å². The molecule has 2 rings (SSSR count). The maximum atomic E-state index is 12.4. The molecule has 0 bridgehead atoms. The highest BCUT2D eigenvalue weighted by molar-refractivity contribution is 9.11. The van der Waals surface area contributed by atoms with E-state index in [9.17, 15) is 8.42 Å². The first-order chi connectivity index (χ1) is 9.31. The molecule has 2 aromatic carbocycles. The molecule has 3 nitrogen and oxygen atoms in total. The van der Waals surface area contributed by atoms with Gasteiger partial charge in [-0.15, -0.1) is 0 Å². The van der Waals surface area contributed by atoms with Crippen molar-refractivity contribution in [3.8, 4) is 0 Å². The minimum Gasteiger partial charge on any atom is -0.279 e. The SMILES string of the molecule is Cc1c(Cl)cccc1NS(=O)(=O)c1cc(Br)ccc1Br. The van der Waals surface area contributed by atoms with Crippen LogP contribution in [0.3, 0.4) is 0 Å². The third kappa shape index (κ3) is 3.36. The quantitative estimate of drug-likeness (QED) is 0.734. The van der Waals surface area contributed by atoms with Gasteiger partial charge in [0.1, 0.15) is 4.90 Å². The summed E-state index contributed by atoms with van der Waals surface area (Å²) in [7, 11) is -3.69. The maximum Gasteiger partial charge on any atom is 0.263 e. The van der Waals surface area contributed by atoms with Gasteiger partial charge in [0.05, 0.1) is 5.69 Å². The highest BCUT2D eigenvalue weighted by Crippen LogP contribution is 2.29. The summed E-state index contributed by atoms with van der Waals surface area (Å²) in [5.74, 6) is 0. The summed E-state index contributed by atoms with van der Waals surface area (Å²) < 4.78 is 28.6. The van der Waals surface area contributed by atoms with Gasteiger partial charge in [-0.05, 0) is 58.7 Å². The minimum absolute atomic E-state index is 0.159. The fraction of sp³-hybridized carbons (Fsp3) is 0.0769. The summed E-state index contributed by atoms with van der Waals surface area (Å²) in [5.41, 5.74) is 1.15. The Kier molecular flexibility index (Phi) is 4.79. The highest BCUT2D eigenvalue weighted by atomic mass is 79.9. The van der Waals surface area contributed by atoms with Crippen LogP contribution in [0.2, 0.25) is 5.02 Å².